The fourth-order valence-electron chi connectivity index (χ4n) is 2.32. The van der Waals surface area contributed by atoms with Crippen LogP contribution in [0.5, 0.6) is 0 Å². The van der Waals surface area contributed by atoms with E-state index in [0.717, 1.165) is 13.1 Å². The summed E-state index contributed by atoms with van der Waals surface area (Å²) in [5.74, 6) is 0. The van der Waals surface area contributed by atoms with Crippen molar-refractivity contribution in [3.05, 3.63) is 0 Å². The molecular formula is C10H22N4. The van der Waals surface area contributed by atoms with Crippen LogP contribution in [0, 0.1) is 0 Å². The van der Waals surface area contributed by atoms with Gasteiger partial charge in [-0.1, -0.05) is 0 Å². The van der Waals surface area contributed by atoms with Crippen molar-refractivity contribution in [2.75, 3.05) is 59.9 Å². The first-order chi connectivity index (χ1) is 6.77. The molecule has 2 rings (SSSR count). The number of hydrogen-bond acceptors (Lipinski definition) is 4. The molecule has 0 saturated carbocycles. The molecule has 82 valence electrons. The Morgan fingerprint density at radius 2 is 1.71 bits per heavy atom. The molecule has 2 fully saturated rings. The summed E-state index contributed by atoms with van der Waals surface area (Å²) >= 11 is 0. The van der Waals surface area contributed by atoms with Crippen LogP contribution in [0.25, 0.3) is 0 Å². The van der Waals surface area contributed by atoms with Crippen LogP contribution in [0.15, 0.2) is 0 Å². The molecule has 0 spiro atoms. The highest BCUT2D eigenvalue weighted by Crippen LogP contribution is 2.09. The molecule has 4 nitrogen and oxygen atoms in total. The average molecular weight is 198 g/mol. The van der Waals surface area contributed by atoms with Crippen LogP contribution in [0.4, 0.5) is 0 Å². The molecule has 2 heterocycles. The van der Waals surface area contributed by atoms with Crippen LogP contribution >= 0.6 is 0 Å². The van der Waals surface area contributed by atoms with E-state index in [9.17, 15) is 0 Å². The molecule has 4 heteroatoms. The Bertz CT molecular complexity index is 177. The van der Waals surface area contributed by atoms with Gasteiger partial charge in [-0.25, -0.2) is 0 Å². The number of piperazine rings is 2. The Kier molecular flexibility index (Phi) is 3.38. The van der Waals surface area contributed by atoms with Gasteiger partial charge in [0.1, 0.15) is 0 Å². The van der Waals surface area contributed by atoms with Crippen molar-refractivity contribution in [1.29, 1.82) is 0 Å². The summed E-state index contributed by atoms with van der Waals surface area (Å²) in [4.78, 5) is 7.49. The summed E-state index contributed by atoms with van der Waals surface area (Å²) in [6.45, 7) is 8.30. The van der Waals surface area contributed by atoms with Gasteiger partial charge in [-0.05, 0) is 14.1 Å². The summed E-state index contributed by atoms with van der Waals surface area (Å²) < 4.78 is 0. The van der Waals surface area contributed by atoms with E-state index in [0.29, 0.717) is 6.17 Å². The molecule has 1 atom stereocenters. The number of nitrogens with one attached hydrogen (secondary N) is 1. The van der Waals surface area contributed by atoms with Gasteiger partial charge in [0.05, 0.1) is 6.17 Å². The maximum atomic E-state index is 3.48. The van der Waals surface area contributed by atoms with Crippen molar-refractivity contribution in [3.8, 4) is 0 Å². The van der Waals surface area contributed by atoms with E-state index in [1.807, 2.05) is 0 Å². The second-order valence-electron chi connectivity index (χ2n) is 4.50. The Morgan fingerprint density at radius 1 is 1.00 bits per heavy atom. The highest BCUT2D eigenvalue weighted by atomic mass is 15.4. The third kappa shape index (κ3) is 2.25. The second-order valence-corrected chi connectivity index (χ2v) is 4.50. The van der Waals surface area contributed by atoms with E-state index in [1.54, 1.807) is 0 Å². The maximum absolute atomic E-state index is 3.48. The van der Waals surface area contributed by atoms with E-state index in [4.69, 9.17) is 0 Å². The van der Waals surface area contributed by atoms with Crippen LogP contribution in [-0.4, -0.2) is 80.8 Å². The van der Waals surface area contributed by atoms with Gasteiger partial charge in [0.2, 0.25) is 0 Å². The zero-order valence-electron chi connectivity index (χ0n) is 9.37. The minimum Gasteiger partial charge on any atom is -0.313 e. The molecule has 14 heavy (non-hydrogen) atoms. The predicted octanol–water partition coefficient (Wildman–Crippen LogP) is -0.905. The largest absolute Gasteiger partial charge is 0.313 e. The van der Waals surface area contributed by atoms with Crippen LogP contribution in [0.3, 0.4) is 0 Å². The van der Waals surface area contributed by atoms with E-state index in [2.05, 4.69) is 34.1 Å². The Labute approximate surface area is 86.8 Å². The van der Waals surface area contributed by atoms with Crippen molar-refractivity contribution < 1.29 is 0 Å². The minimum absolute atomic E-state index is 0.623. The van der Waals surface area contributed by atoms with E-state index < -0.39 is 0 Å². The molecule has 0 aromatic rings. The van der Waals surface area contributed by atoms with Crippen molar-refractivity contribution in [1.82, 2.24) is 20.0 Å². The molecule has 0 radical (unpaired) electrons. The molecule has 2 aliphatic rings. The number of nitrogens with zero attached hydrogens (tertiary/aromatic N) is 3. The summed E-state index contributed by atoms with van der Waals surface area (Å²) in [6.07, 6.45) is 0.623. The minimum atomic E-state index is 0.623. The van der Waals surface area contributed by atoms with Crippen LogP contribution < -0.4 is 5.32 Å². The highest BCUT2D eigenvalue weighted by Gasteiger charge is 2.26. The SMILES string of the molecule is CN1CCN(C2CNCCN2C)CC1. The predicted molar refractivity (Wildman–Crippen MR) is 58.4 cm³/mol. The van der Waals surface area contributed by atoms with E-state index >= 15 is 0 Å². The van der Waals surface area contributed by atoms with Gasteiger partial charge in [-0.2, -0.15) is 0 Å². The molecule has 0 aliphatic carbocycles. The molecule has 1 unspecified atom stereocenters. The van der Waals surface area contributed by atoms with Crippen molar-refractivity contribution in [2.24, 2.45) is 0 Å². The van der Waals surface area contributed by atoms with E-state index in [-0.39, 0.29) is 0 Å². The van der Waals surface area contributed by atoms with Crippen LogP contribution in [0.2, 0.25) is 0 Å². The maximum Gasteiger partial charge on any atom is 0.0749 e. The lowest BCUT2D eigenvalue weighted by molar-refractivity contribution is 0.0133. The van der Waals surface area contributed by atoms with Crippen LogP contribution in [0.1, 0.15) is 0 Å². The second kappa shape index (κ2) is 4.57. The third-order valence-corrected chi connectivity index (χ3v) is 3.44. The quantitative estimate of drug-likeness (QED) is 0.589. The summed E-state index contributed by atoms with van der Waals surface area (Å²) in [5, 5.41) is 3.48. The highest BCUT2D eigenvalue weighted by molar-refractivity contribution is 4.81. The molecule has 0 bridgehead atoms. The first kappa shape index (κ1) is 10.4. The van der Waals surface area contributed by atoms with Gasteiger partial charge in [-0.3, -0.25) is 9.80 Å². The molecule has 2 saturated heterocycles. The fourth-order valence-corrected chi connectivity index (χ4v) is 2.32. The lowest BCUT2D eigenvalue weighted by Crippen LogP contribution is -2.61. The van der Waals surface area contributed by atoms with Crippen molar-refractivity contribution >= 4 is 0 Å². The normalized spacial score (nSPS) is 33.4. The number of likely N-dealkylation sites (N-methyl/N-ethyl adjacent to an activating group) is 2. The van der Waals surface area contributed by atoms with Crippen molar-refractivity contribution in [2.45, 2.75) is 6.17 Å². The van der Waals surface area contributed by atoms with E-state index in [1.165, 1.54) is 32.7 Å². The van der Waals surface area contributed by atoms with Gasteiger partial charge in [0.15, 0.2) is 0 Å². The summed E-state index contributed by atoms with van der Waals surface area (Å²) in [6, 6.07) is 0. The zero-order chi connectivity index (χ0) is 9.97. The lowest BCUT2D eigenvalue weighted by atomic mass is 10.2. The van der Waals surface area contributed by atoms with Gasteiger partial charge in [-0.15, -0.1) is 0 Å². The molecule has 0 amide bonds. The fraction of sp³-hybridized carbons (Fsp3) is 1.00. The summed E-state index contributed by atoms with van der Waals surface area (Å²) in [5.41, 5.74) is 0. The summed E-state index contributed by atoms with van der Waals surface area (Å²) in [7, 11) is 4.45. The molecule has 2 aliphatic heterocycles. The number of hydrogen-bond donors (Lipinski definition) is 1. The van der Waals surface area contributed by atoms with Gasteiger partial charge < -0.3 is 10.2 Å². The first-order valence-electron chi connectivity index (χ1n) is 5.61. The number of rotatable bonds is 1. The smallest absolute Gasteiger partial charge is 0.0749 e. The van der Waals surface area contributed by atoms with Gasteiger partial charge >= 0.3 is 0 Å². The Balaban J connectivity index is 1.87. The molecule has 0 aromatic heterocycles. The average Bonchev–Trinajstić information content (AvgIpc) is 2.20. The van der Waals surface area contributed by atoms with Crippen LogP contribution in [-0.2, 0) is 0 Å². The third-order valence-electron chi connectivity index (χ3n) is 3.44. The Morgan fingerprint density at radius 3 is 2.36 bits per heavy atom. The van der Waals surface area contributed by atoms with Crippen molar-refractivity contribution in [3.63, 3.8) is 0 Å². The standard InChI is InChI=1S/C10H22N4/c1-12-5-7-14(8-6-12)10-9-11-3-4-13(10)2/h10-11H,3-9H2,1-2H3. The molecular weight excluding hydrogens is 176 g/mol. The molecule has 1 N–H and O–H groups in total. The lowest BCUT2D eigenvalue weighted by Gasteiger charge is -2.44. The zero-order valence-corrected chi connectivity index (χ0v) is 9.37. The monoisotopic (exact) mass is 198 g/mol. The molecule has 0 aromatic carbocycles. The topological polar surface area (TPSA) is 21.8 Å². The first-order valence-corrected chi connectivity index (χ1v) is 5.61. The Hall–Kier alpha value is -0.160. The van der Waals surface area contributed by atoms with Gasteiger partial charge in [0.25, 0.3) is 0 Å². The van der Waals surface area contributed by atoms with Gasteiger partial charge in [0, 0.05) is 45.8 Å².